The third-order valence-electron chi connectivity index (χ3n) is 6.23. The smallest absolute Gasteiger partial charge is 0.322 e. The summed E-state index contributed by atoms with van der Waals surface area (Å²) in [5, 5.41) is 2.94. The van der Waals surface area contributed by atoms with E-state index in [4.69, 9.17) is 11.6 Å². The molecule has 2 aromatic carbocycles. The molecule has 0 atom stereocenters. The molecule has 37 heavy (non-hydrogen) atoms. The quantitative estimate of drug-likeness (QED) is 0.459. The van der Waals surface area contributed by atoms with E-state index in [9.17, 15) is 18.0 Å². The van der Waals surface area contributed by atoms with Gasteiger partial charge < -0.3 is 10.2 Å². The van der Waals surface area contributed by atoms with E-state index >= 15 is 0 Å². The van der Waals surface area contributed by atoms with E-state index in [0.717, 1.165) is 30.4 Å². The lowest BCUT2D eigenvalue weighted by molar-refractivity contribution is -0.138. The van der Waals surface area contributed by atoms with Gasteiger partial charge in [-0.25, -0.2) is 0 Å². The molecule has 1 aliphatic heterocycles. The van der Waals surface area contributed by atoms with Gasteiger partial charge in [0.25, 0.3) is 5.91 Å². The highest BCUT2D eigenvalue weighted by molar-refractivity contribution is 6.32. The molecule has 1 aliphatic rings. The summed E-state index contributed by atoms with van der Waals surface area (Å²) in [6, 6.07) is 12.1. The third-order valence-corrected chi connectivity index (χ3v) is 6.56. The first kappa shape index (κ1) is 26.7. The summed E-state index contributed by atoms with van der Waals surface area (Å²) < 4.78 is 41.6. The number of pyridine rings is 1. The minimum Gasteiger partial charge on any atom is -0.322 e. The Morgan fingerprint density at radius 2 is 1.78 bits per heavy atom. The van der Waals surface area contributed by atoms with Crippen LogP contribution in [0.4, 0.5) is 18.9 Å². The number of alkyl halides is 3. The molecule has 3 aromatic rings. The van der Waals surface area contributed by atoms with Crippen LogP contribution in [-0.2, 0) is 12.7 Å². The van der Waals surface area contributed by atoms with Crippen LogP contribution in [0.1, 0.15) is 38.3 Å². The molecule has 1 amide bonds. The van der Waals surface area contributed by atoms with E-state index in [1.54, 1.807) is 12.3 Å². The molecule has 0 saturated carbocycles. The number of aryl methyl sites for hydroxylation is 1. The van der Waals surface area contributed by atoms with Crippen molar-refractivity contribution in [2.75, 3.05) is 38.5 Å². The van der Waals surface area contributed by atoms with Crippen molar-refractivity contribution in [3.63, 3.8) is 0 Å². The molecular formula is C28H26ClF3N4O. The molecule has 5 nitrogen and oxygen atoms in total. The van der Waals surface area contributed by atoms with Gasteiger partial charge in [0.15, 0.2) is 0 Å². The van der Waals surface area contributed by atoms with Gasteiger partial charge in [0.1, 0.15) is 0 Å². The Morgan fingerprint density at radius 3 is 2.49 bits per heavy atom. The minimum atomic E-state index is -4.55. The number of likely N-dealkylation sites (N-methyl/N-ethyl adjacent to an activating group) is 1. The van der Waals surface area contributed by atoms with E-state index in [2.05, 4.69) is 27.0 Å². The maximum atomic E-state index is 13.9. The second-order valence-electron chi connectivity index (χ2n) is 8.98. The van der Waals surface area contributed by atoms with Crippen molar-refractivity contribution in [1.29, 1.82) is 0 Å². The number of carbonyl (C=O) groups is 1. The highest BCUT2D eigenvalue weighted by atomic mass is 35.5. The predicted molar refractivity (Wildman–Crippen MR) is 139 cm³/mol. The van der Waals surface area contributed by atoms with Crippen molar-refractivity contribution < 1.29 is 18.0 Å². The summed E-state index contributed by atoms with van der Waals surface area (Å²) in [5.74, 6) is 5.38. The second-order valence-corrected chi connectivity index (χ2v) is 9.39. The van der Waals surface area contributed by atoms with Crippen molar-refractivity contribution in [2.24, 2.45) is 0 Å². The van der Waals surface area contributed by atoms with Gasteiger partial charge in [0, 0.05) is 61.3 Å². The predicted octanol–water partition coefficient (Wildman–Crippen LogP) is 5.46. The zero-order valence-corrected chi connectivity index (χ0v) is 21.2. The first-order chi connectivity index (χ1) is 17.6. The Balaban J connectivity index is 1.53. The standard InChI is InChI=1S/C28H26ClF3N4O/c1-19-20(4-3-11-33-19)5-6-21-16-22(8-10-26(21)29)27(37)34-24-9-7-23(25(17-24)28(30,31)32)18-36-14-12-35(2)13-15-36/h3-4,7-11,16-17H,12-15,18H2,1-2H3,(H,34,37). The van der Waals surface area contributed by atoms with Gasteiger partial charge in [-0.05, 0) is 62.0 Å². The molecule has 192 valence electrons. The summed E-state index contributed by atoms with van der Waals surface area (Å²) in [6.07, 6.45) is -2.88. The lowest BCUT2D eigenvalue weighted by Gasteiger charge is -2.33. The Bertz CT molecular complexity index is 1360. The molecule has 9 heteroatoms. The molecule has 2 heterocycles. The molecular weight excluding hydrogens is 501 g/mol. The molecule has 0 unspecified atom stereocenters. The normalized spacial score (nSPS) is 14.6. The lowest BCUT2D eigenvalue weighted by atomic mass is 10.0. The summed E-state index contributed by atoms with van der Waals surface area (Å²) >= 11 is 6.26. The van der Waals surface area contributed by atoms with E-state index in [-0.39, 0.29) is 23.4 Å². The number of hydrogen-bond acceptors (Lipinski definition) is 4. The van der Waals surface area contributed by atoms with Gasteiger partial charge in [-0.3, -0.25) is 14.7 Å². The second kappa shape index (κ2) is 11.3. The fraction of sp³-hybridized carbons (Fsp3) is 0.286. The highest BCUT2D eigenvalue weighted by Crippen LogP contribution is 2.34. The summed E-state index contributed by atoms with van der Waals surface area (Å²) in [5.41, 5.74) is 1.64. The van der Waals surface area contributed by atoms with Crippen LogP contribution < -0.4 is 5.32 Å². The number of hydrogen-bond donors (Lipinski definition) is 1. The number of halogens is 4. The van der Waals surface area contributed by atoms with Crippen LogP contribution in [0.15, 0.2) is 54.7 Å². The van der Waals surface area contributed by atoms with Gasteiger partial charge >= 0.3 is 6.18 Å². The van der Waals surface area contributed by atoms with Gasteiger partial charge in [-0.2, -0.15) is 13.2 Å². The highest BCUT2D eigenvalue weighted by Gasteiger charge is 2.34. The van der Waals surface area contributed by atoms with Crippen molar-refractivity contribution in [2.45, 2.75) is 19.6 Å². The Kier molecular flexibility index (Phi) is 8.18. The molecule has 4 rings (SSSR count). The Morgan fingerprint density at radius 1 is 1.05 bits per heavy atom. The Hall–Kier alpha value is -3.38. The van der Waals surface area contributed by atoms with Gasteiger partial charge in [-0.1, -0.05) is 29.5 Å². The number of rotatable bonds is 4. The molecule has 1 aromatic heterocycles. The van der Waals surface area contributed by atoms with Crippen molar-refractivity contribution in [3.05, 3.63) is 93.3 Å². The molecule has 0 bridgehead atoms. The van der Waals surface area contributed by atoms with Crippen molar-refractivity contribution in [1.82, 2.24) is 14.8 Å². The molecule has 0 aliphatic carbocycles. The monoisotopic (exact) mass is 526 g/mol. The summed E-state index contributed by atoms with van der Waals surface area (Å²) in [4.78, 5) is 21.2. The molecule has 0 radical (unpaired) electrons. The zero-order valence-electron chi connectivity index (χ0n) is 20.5. The van der Waals surface area contributed by atoms with Gasteiger partial charge in [0.2, 0.25) is 0 Å². The van der Waals surface area contributed by atoms with E-state index in [1.807, 2.05) is 24.9 Å². The average molecular weight is 527 g/mol. The number of carbonyl (C=O) groups excluding carboxylic acids is 1. The lowest BCUT2D eigenvalue weighted by Crippen LogP contribution is -2.44. The number of nitrogens with one attached hydrogen (secondary N) is 1. The maximum Gasteiger partial charge on any atom is 0.416 e. The largest absolute Gasteiger partial charge is 0.416 e. The number of benzene rings is 2. The first-order valence-corrected chi connectivity index (χ1v) is 12.1. The van der Waals surface area contributed by atoms with E-state index < -0.39 is 17.6 Å². The van der Waals surface area contributed by atoms with Crippen LogP contribution in [-0.4, -0.2) is 53.9 Å². The Labute approximate surface area is 219 Å². The fourth-order valence-corrected chi connectivity index (χ4v) is 4.18. The topological polar surface area (TPSA) is 48.5 Å². The molecule has 1 fully saturated rings. The first-order valence-electron chi connectivity index (χ1n) is 11.8. The van der Waals surface area contributed by atoms with Crippen LogP contribution in [0.2, 0.25) is 5.02 Å². The van der Waals surface area contributed by atoms with Crippen molar-refractivity contribution in [3.8, 4) is 11.8 Å². The van der Waals surface area contributed by atoms with Crippen molar-refractivity contribution >= 4 is 23.2 Å². The van der Waals surface area contributed by atoms with Crippen LogP contribution >= 0.6 is 11.6 Å². The number of piperazine rings is 1. The van der Waals surface area contributed by atoms with Crippen LogP contribution in [0.5, 0.6) is 0 Å². The minimum absolute atomic E-state index is 0.0630. The molecule has 0 spiro atoms. The molecule has 1 saturated heterocycles. The number of anilines is 1. The van der Waals surface area contributed by atoms with Gasteiger partial charge in [-0.15, -0.1) is 0 Å². The third kappa shape index (κ3) is 6.89. The van der Waals surface area contributed by atoms with Crippen LogP contribution in [0, 0.1) is 18.8 Å². The van der Waals surface area contributed by atoms with Crippen LogP contribution in [0.3, 0.4) is 0 Å². The van der Waals surface area contributed by atoms with E-state index in [0.29, 0.717) is 23.7 Å². The number of aromatic nitrogens is 1. The van der Waals surface area contributed by atoms with Gasteiger partial charge in [0.05, 0.1) is 16.3 Å². The summed E-state index contributed by atoms with van der Waals surface area (Å²) in [7, 11) is 1.99. The average Bonchev–Trinajstić information content (AvgIpc) is 2.86. The molecule has 1 N–H and O–H groups in total. The number of nitrogens with zero attached hydrogens (tertiary/aromatic N) is 3. The maximum absolute atomic E-state index is 13.9. The SMILES string of the molecule is Cc1ncccc1C#Cc1cc(C(=O)Nc2ccc(CN3CCN(C)CC3)c(C(F)(F)F)c2)ccc1Cl. The number of amides is 1. The fourth-order valence-electron chi connectivity index (χ4n) is 4.02. The summed E-state index contributed by atoms with van der Waals surface area (Å²) in [6.45, 7) is 5.06. The van der Waals surface area contributed by atoms with E-state index in [1.165, 1.54) is 30.3 Å². The zero-order chi connectivity index (χ0) is 26.6. The van der Waals surface area contributed by atoms with Crippen LogP contribution in [0.25, 0.3) is 0 Å².